The van der Waals surface area contributed by atoms with Crippen LogP contribution in [0, 0.1) is 109 Å². The Balaban J connectivity index is 0.912. The first-order valence-corrected chi connectivity index (χ1v) is 26.7. The number of ether oxygens (including phenoxy) is 1. The van der Waals surface area contributed by atoms with Crippen LogP contribution in [0.3, 0.4) is 0 Å². The van der Waals surface area contributed by atoms with E-state index in [0.29, 0.717) is 39.4 Å². The molecule has 0 aromatic heterocycles. The highest BCUT2D eigenvalue weighted by Crippen LogP contribution is 2.78. The first kappa shape index (κ1) is 44.2. The highest BCUT2D eigenvalue weighted by atomic mass is 16.5. The van der Waals surface area contributed by atoms with E-state index >= 15 is 4.79 Å². The summed E-state index contributed by atoms with van der Waals surface area (Å²) in [5, 5.41) is 0. The molecule has 0 heterocycles. The van der Waals surface area contributed by atoms with E-state index in [-0.39, 0.29) is 28.3 Å². The summed E-state index contributed by atoms with van der Waals surface area (Å²) in [5.74, 6) is 9.22. The van der Waals surface area contributed by atoms with Gasteiger partial charge in [-0.15, -0.1) is 0 Å². The maximum Gasteiger partial charge on any atom is 0.312 e. The van der Waals surface area contributed by atoms with Crippen LogP contribution in [0.15, 0.2) is 23.8 Å². The number of allylic oxidation sites excluding steroid dienone is 2. The Morgan fingerprint density at radius 1 is 0.733 bits per heavy atom. The summed E-state index contributed by atoms with van der Waals surface area (Å²) in [5.41, 5.74) is 4.93. The molecule has 9 aliphatic rings. The van der Waals surface area contributed by atoms with E-state index in [2.05, 4.69) is 95.7 Å². The normalized spacial score (nSPS) is 52.0. The highest BCUT2D eigenvalue weighted by Gasteiger charge is 2.72. The molecule has 338 valence electrons. The molecule has 18 atom stereocenters. The van der Waals surface area contributed by atoms with Gasteiger partial charge in [0.05, 0.1) is 5.41 Å². The lowest BCUT2D eigenvalue weighted by molar-refractivity contribution is -0.244. The Morgan fingerprint density at radius 2 is 1.47 bits per heavy atom. The minimum Gasteiger partial charge on any atom is -0.462 e. The smallest absolute Gasteiger partial charge is 0.312 e. The van der Waals surface area contributed by atoms with Crippen molar-refractivity contribution in [1.29, 1.82) is 0 Å². The molecule has 0 radical (unpaired) electrons. The van der Waals surface area contributed by atoms with Crippen LogP contribution in [-0.2, 0) is 9.53 Å². The molecule has 60 heavy (non-hydrogen) atoms. The highest BCUT2D eigenvalue weighted by molar-refractivity contribution is 5.78. The number of hydrogen-bond acceptors (Lipinski definition) is 2. The van der Waals surface area contributed by atoms with E-state index < -0.39 is 0 Å². The second-order valence-corrected chi connectivity index (χ2v) is 27.2. The largest absolute Gasteiger partial charge is 0.462 e. The molecule has 8 fully saturated rings. The molecule has 0 amide bonds. The Morgan fingerprint density at radius 3 is 2.20 bits per heavy atom. The minimum atomic E-state index is -0.327. The van der Waals surface area contributed by atoms with Crippen molar-refractivity contribution in [2.45, 2.75) is 224 Å². The molecule has 0 aromatic rings. The van der Waals surface area contributed by atoms with Crippen LogP contribution in [0.2, 0.25) is 0 Å². The first-order valence-electron chi connectivity index (χ1n) is 26.7. The lowest BCUT2D eigenvalue weighted by Gasteiger charge is -2.73. The van der Waals surface area contributed by atoms with E-state index in [9.17, 15) is 0 Å². The maximum absolute atomic E-state index is 15.3. The molecule has 0 saturated heterocycles. The quantitative estimate of drug-likeness (QED) is 0.180. The Kier molecular flexibility index (Phi) is 11.0. The molecule has 9 aliphatic carbocycles. The molecule has 0 N–H and O–H groups in total. The van der Waals surface area contributed by atoms with Gasteiger partial charge in [-0.2, -0.15) is 0 Å². The maximum atomic E-state index is 15.3. The van der Waals surface area contributed by atoms with Gasteiger partial charge in [-0.05, 0) is 220 Å². The number of fused-ring (bicyclic) bond motifs is 12. The molecule has 0 aliphatic heterocycles. The molecule has 9 rings (SSSR count). The summed E-state index contributed by atoms with van der Waals surface area (Å²) in [6.07, 6.45) is 29.9. The predicted octanol–water partition coefficient (Wildman–Crippen LogP) is 16.2. The second-order valence-electron chi connectivity index (χ2n) is 27.2. The van der Waals surface area contributed by atoms with Gasteiger partial charge < -0.3 is 4.74 Å². The third-order valence-corrected chi connectivity index (χ3v) is 24.6. The summed E-state index contributed by atoms with van der Waals surface area (Å²) < 4.78 is 7.02. The number of hydrogen-bond donors (Lipinski definition) is 0. The fraction of sp³-hybridized carbons (Fsp3) is 0.914. The van der Waals surface area contributed by atoms with Crippen molar-refractivity contribution in [2.24, 2.45) is 109 Å². The van der Waals surface area contributed by atoms with Crippen LogP contribution in [0.4, 0.5) is 0 Å². The SMILES string of the molecule is C=C(C)C1CC[C@]2(C(=O)O[C@H]3CC[C@@]4(C)C(=CC[C@H]5[C@@H]6CC[C@H]([C@H](C)CCCC(C)C)[C@@]6(C)CC[C@@H]54)C3)CC[C@]3(C)[C@H](CC[C@@H]4[C@@]5(C)CCC(C)C(C)(C)C5CC[C@]43C)C12. The standard InChI is InChI=1S/C58H94O2/c1-36(2)15-14-16-38(5)44-19-20-45-43-18-17-40-35-41(24-29-53(40,9)46(43)26-30-54(44,45)10)60-51(59)58-32-25-42(37(3)4)50(58)47-21-22-49-55(11)28-23-39(6)52(7,8)48(55)27-31-57(49,13)56(47,12)33-34-58/h17,36,38-39,41-50H,3,14-16,18-35H2,1-2,4-13H3/t38-,39?,41+,42?,43+,44-,45+,46+,47-,48?,49-,50?,53+,54-,55+,56-,57-,58+/m1/s1. The average molecular weight is 823 g/mol. The molecule has 8 saturated carbocycles. The fourth-order valence-electron chi connectivity index (χ4n) is 20.7. The van der Waals surface area contributed by atoms with Crippen LogP contribution in [0.1, 0.15) is 218 Å². The number of esters is 1. The molecule has 0 bridgehead atoms. The van der Waals surface area contributed by atoms with Gasteiger partial charge in [-0.25, -0.2) is 0 Å². The van der Waals surface area contributed by atoms with Crippen molar-refractivity contribution in [3.63, 3.8) is 0 Å². The topological polar surface area (TPSA) is 26.3 Å². The Labute approximate surface area is 370 Å². The fourth-order valence-corrected chi connectivity index (χ4v) is 20.7. The van der Waals surface area contributed by atoms with Gasteiger partial charge in [-0.3, -0.25) is 4.79 Å². The zero-order valence-electron chi connectivity index (χ0n) is 41.5. The van der Waals surface area contributed by atoms with Gasteiger partial charge in [0.1, 0.15) is 6.10 Å². The van der Waals surface area contributed by atoms with Gasteiger partial charge in [0.15, 0.2) is 0 Å². The van der Waals surface area contributed by atoms with Crippen LogP contribution >= 0.6 is 0 Å². The van der Waals surface area contributed by atoms with Crippen molar-refractivity contribution >= 4 is 5.97 Å². The first-order chi connectivity index (χ1) is 28.2. The number of rotatable bonds is 8. The van der Waals surface area contributed by atoms with Crippen LogP contribution in [-0.4, -0.2) is 12.1 Å². The third kappa shape index (κ3) is 6.17. The summed E-state index contributed by atoms with van der Waals surface area (Å²) in [4.78, 5) is 15.3. The molecule has 2 nitrogen and oxygen atoms in total. The van der Waals surface area contributed by atoms with Gasteiger partial charge in [-0.1, -0.05) is 119 Å². The van der Waals surface area contributed by atoms with Gasteiger partial charge in [0.25, 0.3) is 0 Å². The number of carbonyl (C=O) groups is 1. The van der Waals surface area contributed by atoms with Crippen LogP contribution < -0.4 is 0 Å². The molecule has 0 aromatic carbocycles. The second kappa shape index (κ2) is 15.0. The van der Waals surface area contributed by atoms with Gasteiger partial charge >= 0.3 is 5.97 Å². The average Bonchev–Trinajstić information content (AvgIpc) is 3.76. The molecule has 4 unspecified atom stereocenters. The lowest BCUT2D eigenvalue weighted by atomic mass is 9.32. The van der Waals surface area contributed by atoms with Crippen molar-refractivity contribution in [1.82, 2.24) is 0 Å². The van der Waals surface area contributed by atoms with E-state index in [1.807, 2.05) is 0 Å². The van der Waals surface area contributed by atoms with E-state index in [1.54, 1.807) is 5.57 Å². The lowest BCUT2D eigenvalue weighted by Crippen LogP contribution is -2.66. The molecular weight excluding hydrogens is 729 g/mol. The van der Waals surface area contributed by atoms with Crippen LogP contribution in [0.25, 0.3) is 0 Å². The van der Waals surface area contributed by atoms with E-state index in [4.69, 9.17) is 4.74 Å². The molecule has 2 heteroatoms. The Bertz CT molecular complexity index is 1700. The minimum absolute atomic E-state index is 0.0533. The van der Waals surface area contributed by atoms with E-state index in [1.165, 1.54) is 108 Å². The van der Waals surface area contributed by atoms with Crippen LogP contribution in [0.5, 0.6) is 0 Å². The van der Waals surface area contributed by atoms with E-state index in [0.717, 1.165) is 85.4 Å². The van der Waals surface area contributed by atoms with Crippen molar-refractivity contribution in [3.8, 4) is 0 Å². The van der Waals surface area contributed by atoms with Gasteiger partial charge in [0.2, 0.25) is 0 Å². The molecular formula is C58H94O2. The summed E-state index contributed by atoms with van der Waals surface area (Å²) in [6, 6.07) is 0. The Hall–Kier alpha value is -1.05. The summed E-state index contributed by atoms with van der Waals surface area (Å²) in [7, 11) is 0. The van der Waals surface area contributed by atoms with Crippen molar-refractivity contribution in [3.05, 3.63) is 23.8 Å². The number of carbonyl (C=O) groups excluding carboxylic acids is 1. The summed E-state index contributed by atoms with van der Waals surface area (Å²) >= 11 is 0. The third-order valence-electron chi connectivity index (χ3n) is 24.6. The summed E-state index contributed by atoms with van der Waals surface area (Å²) in [6.45, 7) is 35.8. The predicted molar refractivity (Wildman–Crippen MR) is 251 cm³/mol. The zero-order valence-corrected chi connectivity index (χ0v) is 41.5. The monoisotopic (exact) mass is 823 g/mol. The van der Waals surface area contributed by atoms with Crippen molar-refractivity contribution in [2.75, 3.05) is 0 Å². The van der Waals surface area contributed by atoms with Gasteiger partial charge in [0, 0.05) is 6.42 Å². The molecule has 0 spiro atoms. The van der Waals surface area contributed by atoms with Crippen molar-refractivity contribution < 1.29 is 9.53 Å². The zero-order chi connectivity index (χ0) is 43.0.